The van der Waals surface area contributed by atoms with Gasteiger partial charge < -0.3 is 14.6 Å². The lowest BCUT2D eigenvalue weighted by atomic mass is 9.43. The van der Waals surface area contributed by atoms with Crippen LogP contribution in [-0.2, 0) is 14.3 Å². The van der Waals surface area contributed by atoms with Crippen LogP contribution in [0.1, 0.15) is 95.3 Å². The maximum Gasteiger partial charge on any atom is 0.338 e. The Labute approximate surface area is 222 Å². The highest BCUT2D eigenvalue weighted by Gasteiger charge is 2.63. The Morgan fingerprint density at radius 3 is 2.51 bits per heavy atom. The van der Waals surface area contributed by atoms with E-state index in [0.29, 0.717) is 47.5 Å². The number of benzene rings is 1. The number of rotatable bonds is 6. The molecule has 0 unspecified atom stereocenters. The highest BCUT2D eigenvalue weighted by atomic mass is 16.5. The average Bonchev–Trinajstić information content (AvgIpc) is 3.27. The fraction of sp³-hybridized carbons (Fsp3) is 0.750. The molecular weight excluding hydrogens is 464 g/mol. The Kier molecular flexibility index (Phi) is 7.48. The van der Waals surface area contributed by atoms with Gasteiger partial charge in [-0.1, -0.05) is 39.0 Å². The summed E-state index contributed by atoms with van der Waals surface area (Å²) in [6.45, 7) is 7.11. The molecule has 0 amide bonds. The Hall–Kier alpha value is -1.88. The smallest absolute Gasteiger partial charge is 0.338 e. The summed E-state index contributed by atoms with van der Waals surface area (Å²) in [7, 11) is 1.46. The highest BCUT2D eigenvalue weighted by molar-refractivity contribution is 5.89. The predicted molar refractivity (Wildman–Crippen MR) is 143 cm³/mol. The maximum atomic E-state index is 12.7. The molecule has 1 N–H and O–H groups in total. The second kappa shape index (κ2) is 10.4. The SMILES string of the molecule is COC(=O)CC[C@H](C)[C@@H]1CC[C@@H]2[C@@H]3CC[C@@H]4C[C@H](OC(=O)c5ccccc5)CC[C@]4(C)[C@H]3C[C@H](O)[C@@]21C. The van der Waals surface area contributed by atoms with Crippen LogP contribution in [0.25, 0.3) is 0 Å². The first-order valence-corrected chi connectivity index (χ1v) is 14.7. The number of esters is 2. The zero-order valence-electron chi connectivity index (χ0n) is 23.2. The lowest BCUT2D eigenvalue weighted by Gasteiger charge is -2.62. The fourth-order valence-electron chi connectivity index (χ4n) is 9.69. The van der Waals surface area contributed by atoms with Crippen molar-refractivity contribution >= 4 is 11.9 Å². The molecule has 4 fully saturated rings. The van der Waals surface area contributed by atoms with E-state index in [1.165, 1.54) is 26.4 Å². The molecule has 0 heterocycles. The van der Waals surface area contributed by atoms with Gasteiger partial charge in [0.15, 0.2) is 0 Å². The quantitative estimate of drug-likeness (QED) is 0.447. The summed E-state index contributed by atoms with van der Waals surface area (Å²) in [5, 5.41) is 11.8. The number of carbonyl (C=O) groups excluding carboxylic acids is 2. The van der Waals surface area contributed by atoms with Crippen LogP contribution in [0, 0.1) is 46.3 Å². The van der Waals surface area contributed by atoms with E-state index < -0.39 is 0 Å². The van der Waals surface area contributed by atoms with Gasteiger partial charge in [-0.3, -0.25) is 4.79 Å². The predicted octanol–water partition coefficient (Wildman–Crippen LogP) is 6.43. The molecule has 0 saturated heterocycles. The van der Waals surface area contributed by atoms with Gasteiger partial charge in [0.25, 0.3) is 0 Å². The van der Waals surface area contributed by atoms with Gasteiger partial charge in [0.05, 0.1) is 18.8 Å². The molecule has 0 radical (unpaired) electrons. The van der Waals surface area contributed by atoms with Crippen molar-refractivity contribution in [2.45, 2.75) is 97.2 Å². The number of hydrogen-bond donors (Lipinski definition) is 1. The summed E-state index contributed by atoms with van der Waals surface area (Å²) in [4.78, 5) is 24.5. The van der Waals surface area contributed by atoms with Crippen LogP contribution in [0.2, 0.25) is 0 Å². The van der Waals surface area contributed by atoms with Crippen molar-refractivity contribution in [3.8, 4) is 0 Å². The number of fused-ring (bicyclic) bond motifs is 5. The van der Waals surface area contributed by atoms with Gasteiger partial charge in [0.2, 0.25) is 0 Å². The van der Waals surface area contributed by atoms with Crippen LogP contribution in [0.5, 0.6) is 0 Å². The van der Waals surface area contributed by atoms with Gasteiger partial charge in [0.1, 0.15) is 6.10 Å². The number of methoxy groups -OCH3 is 1. The first kappa shape index (κ1) is 26.7. The molecular formula is C32H46O5. The van der Waals surface area contributed by atoms with E-state index in [0.717, 1.165) is 38.5 Å². The van der Waals surface area contributed by atoms with Crippen molar-refractivity contribution in [3.63, 3.8) is 0 Å². The maximum absolute atomic E-state index is 12.7. The molecule has 4 aliphatic carbocycles. The Balaban J connectivity index is 1.27. The van der Waals surface area contributed by atoms with Crippen LogP contribution < -0.4 is 0 Å². The number of aliphatic hydroxyl groups excluding tert-OH is 1. The largest absolute Gasteiger partial charge is 0.469 e. The molecule has 5 rings (SSSR count). The lowest BCUT2D eigenvalue weighted by molar-refractivity contribution is -0.175. The van der Waals surface area contributed by atoms with Gasteiger partial charge in [0, 0.05) is 6.42 Å². The third kappa shape index (κ3) is 4.64. The van der Waals surface area contributed by atoms with Crippen molar-refractivity contribution in [1.82, 2.24) is 0 Å². The Bertz CT molecular complexity index is 977. The summed E-state index contributed by atoms with van der Waals surface area (Å²) in [5.41, 5.74) is 0.767. The van der Waals surface area contributed by atoms with Crippen molar-refractivity contribution in [2.75, 3.05) is 7.11 Å². The van der Waals surface area contributed by atoms with E-state index in [2.05, 4.69) is 20.8 Å². The molecule has 204 valence electrons. The van der Waals surface area contributed by atoms with Gasteiger partial charge in [-0.2, -0.15) is 0 Å². The van der Waals surface area contributed by atoms with E-state index in [4.69, 9.17) is 9.47 Å². The molecule has 0 aliphatic heterocycles. The Morgan fingerprint density at radius 2 is 1.78 bits per heavy atom. The van der Waals surface area contributed by atoms with Crippen LogP contribution in [0.4, 0.5) is 0 Å². The van der Waals surface area contributed by atoms with Crippen LogP contribution in [0.3, 0.4) is 0 Å². The molecule has 0 aromatic heterocycles. The standard InChI is InChI=1S/C32H46O5/c1-20(10-15-29(34)36-4)25-13-14-26-24-12-11-22-18-23(37-30(35)21-8-6-5-7-9-21)16-17-31(22,2)27(24)19-28(33)32(25,26)3/h5-9,20,22-28,33H,10-19H2,1-4H3/t20-,22+,23+,24-,25-,26+,27-,28-,31-,32+/m0/s1. The second-order valence-electron chi connectivity index (χ2n) is 13.2. The highest BCUT2D eigenvalue weighted by Crippen LogP contribution is 2.68. The third-order valence-corrected chi connectivity index (χ3v) is 11.8. The van der Waals surface area contributed by atoms with Crippen molar-refractivity contribution < 1.29 is 24.2 Å². The monoisotopic (exact) mass is 510 g/mol. The summed E-state index contributed by atoms with van der Waals surface area (Å²) in [6.07, 6.45) is 9.59. The minimum atomic E-state index is -0.295. The number of carbonyl (C=O) groups is 2. The van der Waals surface area contributed by atoms with Crippen molar-refractivity contribution in [1.29, 1.82) is 0 Å². The summed E-state index contributed by atoms with van der Waals surface area (Å²) in [5.74, 6) is 2.82. The molecule has 1 aromatic carbocycles. The average molecular weight is 511 g/mol. The molecule has 37 heavy (non-hydrogen) atoms. The second-order valence-corrected chi connectivity index (χ2v) is 13.2. The first-order valence-electron chi connectivity index (χ1n) is 14.7. The Morgan fingerprint density at radius 1 is 1.03 bits per heavy atom. The molecule has 5 heteroatoms. The number of ether oxygens (including phenoxy) is 2. The van der Waals surface area contributed by atoms with E-state index in [1.54, 1.807) is 0 Å². The van der Waals surface area contributed by atoms with E-state index in [1.807, 2.05) is 30.3 Å². The lowest BCUT2D eigenvalue weighted by Crippen LogP contribution is -2.59. The topological polar surface area (TPSA) is 72.8 Å². The summed E-state index contributed by atoms with van der Waals surface area (Å²) < 4.78 is 10.9. The summed E-state index contributed by atoms with van der Waals surface area (Å²) in [6, 6.07) is 9.33. The molecule has 4 aliphatic rings. The van der Waals surface area contributed by atoms with Gasteiger partial charge in [-0.05, 0) is 116 Å². The van der Waals surface area contributed by atoms with Crippen molar-refractivity contribution in [2.24, 2.45) is 46.3 Å². The van der Waals surface area contributed by atoms with Crippen molar-refractivity contribution in [3.05, 3.63) is 35.9 Å². The molecule has 0 spiro atoms. The van der Waals surface area contributed by atoms with E-state index in [-0.39, 0.29) is 35.0 Å². The van der Waals surface area contributed by atoms with Gasteiger partial charge in [-0.15, -0.1) is 0 Å². The third-order valence-electron chi connectivity index (χ3n) is 11.8. The molecule has 1 aromatic rings. The van der Waals surface area contributed by atoms with Crippen LogP contribution in [-0.4, -0.2) is 36.4 Å². The molecule has 4 saturated carbocycles. The zero-order valence-corrected chi connectivity index (χ0v) is 23.2. The number of hydrogen-bond acceptors (Lipinski definition) is 5. The minimum Gasteiger partial charge on any atom is -0.469 e. The fourth-order valence-corrected chi connectivity index (χ4v) is 9.69. The summed E-state index contributed by atoms with van der Waals surface area (Å²) >= 11 is 0. The molecule has 10 atom stereocenters. The van der Waals surface area contributed by atoms with Crippen LogP contribution >= 0.6 is 0 Å². The van der Waals surface area contributed by atoms with E-state index in [9.17, 15) is 14.7 Å². The first-order chi connectivity index (χ1) is 17.7. The minimum absolute atomic E-state index is 0.00682. The zero-order chi connectivity index (χ0) is 26.4. The van der Waals surface area contributed by atoms with E-state index >= 15 is 0 Å². The van der Waals surface area contributed by atoms with Crippen LogP contribution in [0.15, 0.2) is 30.3 Å². The van der Waals surface area contributed by atoms with Gasteiger partial charge in [-0.25, -0.2) is 4.79 Å². The number of aliphatic hydroxyl groups is 1. The molecule has 5 nitrogen and oxygen atoms in total. The molecule has 0 bridgehead atoms. The van der Waals surface area contributed by atoms with Gasteiger partial charge >= 0.3 is 11.9 Å². The normalized spacial score (nSPS) is 41.6.